The second kappa shape index (κ2) is 7.24. The first-order valence-electron chi connectivity index (χ1n) is 8.00. The van der Waals surface area contributed by atoms with Gasteiger partial charge >= 0.3 is 140 Å². The Morgan fingerprint density at radius 1 is 0.522 bits per heavy atom. The van der Waals surface area contributed by atoms with Gasteiger partial charge in [-0.15, -0.1) is 24.8 Å². The first-order valence-corrected chi connectivity index (χ1v) is 9.56. The van der Waals surface area contributed by atoms with Crippen molar-refractivity contribution in [3.63, 3.8) is 0 Å². The fourth-order valence-corrected chi connectivity index (χ4v) is 6.94. The van der Waals surface area contributed by atoms with E-state index < -0.39 is 0 Å². The third-order valence-electron chi connectivity index (χ3n) is 6.38. The van der Waals surface area contributed by atoms with E-state index in [1.165, 1.54) is 11.1 Å². The molecule has 0 aliphatic heterocycles. The van der Waals surface area contributed by atoms with Crippen LogP contribution in [0.4, 0.5) is 0 Å². The summed E-state index contributed by atoms with van der Waals surface area (Å²) in [5.74, 6) is 0. The maximum atomic E-state index is 2.42. The quantitative estimate of drug-likeness (QED) is 0.436. The van der Waals surface area contributed by atoms with Gasteiger partial charge in [-0.25, -0.2) is 0 Å². The second-order valence-corrected chi connectivity index (χ2v) is 9.83. The molecular weight excluding hydrogens is 359 g/mol. The number of hydrogen-bond donors (Lipinski definition) is 0. The van der Waals surface area contributed by atoms with Crippen molar-refractivity contribution in [2.75, 3.05) is 0 Å². The third-order valence-corrected chi connectivity index (χ3v) is 10.3. The van der Waals surface area contributed by atoms with Crippen molar-refractivity contribution in [3.8, 4) is 0 Å². The van der Waals surface area contributed by atoms with Crippen LogP contribution in [0.15, 0.2) is 41.2 Å². The van der Waals surface area contributed by atoms with Gasteiger partial charge in [0.15, 0.2) is 0 Å². The van der Waals surface area contributed by atoms with Crippen molar-refractivity contribution >= 4 is 24.8 Å². The van der Waals surface area contributed by atoms with E-state index in [4.69, 9.17) is 0 Å². The van der Waals surface area contributed by atoms with Gasteiger partial charge in [0, 0.05) is 0 Å². The Morgan fingerprint density at radius 3 is 0.957 bits per heavy atom. The molecule has 130 valence electrons. The summed E-state index contributed by atoms with van der Waals surface area (Å²) in [6.07, 6.45) is 0. The van der Waals surface area contributed by atoms with Crippen LogP contribution >= 0.6 is 24.8 Å². The van der Waals surface area contributed by atoms with Crippen LogP contribution < -0.4 is 0 Å². The molecule has 0 saturated heterocycles. The standard InChI is InChI=1S/2C10H15.2ClH.Ti/c2*1-7-6-10(4,5)9(3)8(7)2;;;/h2*1-5H3;2*1H;. The van der Waals surface area contributed by atoms with E-state index in [0.29, 0.717) is 0 Å². The first kappa shape index (κ1) is 23.3. The van der Waals surface area contributed by atoms with Gasteiger partial charge in [-0.3, -0.25) is 0 Å². The van der Waals surface area contributed by atoms with Crippen molar-refractivity contribution in [2.24, 2.45) is 10.8 Å². The monoisotopic (exact) mass is 390 g/mol. The maximum absolute atomic E-state index is 2.42. The van der Waals surface area contributed by atoms with Gasteiger partial charge in [-0.2, -0.15) is 0 Å². The van der Waals surface area contributed by atoms with E-state index in [2.05, 4.69) is 69.2 Å². The molecule has 0 aromatic carbocycles. The van der Waals surface area contributed by atoms with Crippen molar-refractivity contribution in [2.45, 2.75) is 69.2 Å². The molecule has 0 atom stereocenters. The minimum Gasteiger partial charge on any atom is -0.147 e. The van der Waals surface area contributed by atoms with Crippen molar-refractivity contribution in [1.29, 1.82) is 0 Å². The topological polar surface area (TPSA) is 0 Å². The molecule has 3 heteroatoms. The van der Waals surface area contributed by atoms with Gasteiger partial charge in [0.1, 0.15) is 0 Å². The Hall–Kier alpha value is 0.254. The summed E-state index contributed by atoms with van der Waals surface area (Å²) < 4.78 is 3.50. The zero-order valence-electron chi connectivity index (χ0n) is 16.3. The van der Waals surface area contributed by atoms with Crippen molar-refractivity contribution in [1.82, 2.24) is 0 Å². The molecule has 23 heavy (non-hydrogen) atoms. The Balaban J connectivity index is 0.00000242. The normalized spacial score (nSPS) is 22.5. The molecule has 2 aliphatic carbocycles. The van der Waals surface area contributed by atoms with Crippen LogP contribution in [-0.2, 0) is 19.2 Å². The van der Waals surface area contributed by atoms with E-state index in [1.807, 2.05) is 0 Å². The van der Waals surface area contributed by atoms with E-state index >= 15 is 0 Å². The predicted octanol–water partition coefficient (Wildman–Crippen LogP) is 7.21. The summed E-state index contributed by atoms with van der Waals surface area (Å²) in [5.41, 5.74) is 9.92. The summed E-state index contributed by atoms with van der Waals surface area (Å²) in [4.78, 5) is 0. The molecule has 0 saturated carbocycles. The smallest absolute Gasteiger partial charge is 0.147 e. The minimum absolute atomic E-state index is 0. The van der Waals surface area contributed by atoms with Crippen LogP contribution in [0.2, 0.25) is 0 Å². The first-order chi connectivity index (χ1) is 9.44. The van der Waals surface area contributed by atoms with Crippen LogP contribution in [0.3, 0.4) is 0 Å². The minimum atomic E-state index is -0.239. The maximum Gasteiger partial charge on any atom is -0.147 e. The van der Waals surface area contributed by atoms with Crippen LogP contribution in [0, 0.1) is 10.8 Å². The Bertz CT molecular complexity index is 585. The molecule has 0 fully saturated rings. The molecule has 2 aliphatic rings. The van der Waals surface area contributed by atoms with E-state index in [9.17, 15) is 0 Å². The van der Waals surface area contributed by atoms with Crippen LogP contribution in [0.25, 0.3) is 0 Å². The van der Waals surface area contributed by atoms with Crippen LogP contribution in [-0.4, -0.2) is 0 Å². The van der Waals surface area contributed by atoms with Gasteiger partial charge in [0.2, 0.25) is 0 Å². The molecule has 2 rings (SSSR count). The summed E-state index contributed by atoms with van der Waals surface area (Å²) >= 11 is -0.239. The fraction of sp³-hybridized carbons (Fsp3) is 0.600. The van der Waals surface area contributed by atoms with Crippen molar-refractivity contribution in [3.05, 3.63) is 41.2 Å². The number of halogens is 2. The van der Waals surface area contributed by atoms with E-state index in [1.54, 1.807) is 30.0 Å². The van der Waals surface area contributed by atoms with Gasteiger partial charge in [-0.1, -0.05) is 0 Å². The average molecular weight is 391 g/mol. The number of allylic oxidation sites excluding steroid dienone is 8. The van der Waals surface area contributed by atoms with E-state index in [0.717, 1.165) is 0 Å². The van der Waals surface area contributed by atoms with E-state index in [-0.39, 0.29) is 54.8 Å². The predicted molar refractivity (Wildman–Crippen MR) is 104 cm³/mol. The molecule has 0 aromatic rings. The average Bonchev–Trinajstić information content (AvgIpc) is 2.63. The Kier molecular flexibility index (Phi) is 7.32. The number of rotatable bonds is 2. The van der Waals surface area contributed by atoms with Crippen LogP contribution in [0.1, 0.15) is 69.2 Å². The van der Waals surface area contributed by atoms with Gasteiger partial charge in [0.05, 0.1) is 0 Å². The molecule has 0 unspecified atom stereocenters. The molecule has 0 spiro atoms. The summed E-state index contributed by atoms with van der Waals surface area (Å²) in [7, 11) is 0. The molecule has 0 nitrogen and oxygen atoms in total. The fourth-order valence-electron chi connectivity index (χ4n) is 3.81. The molecule has 0 N–H and O–H groups in total. The van der Waals surface area contributed by atoms with Crippen LogP contribution in [0.5, 0.6) is 0 Å². The molecule has 0 heterocycles. The zero-order valence-corrected chi connectivity index (χ0v) is 19.5. The molecule has 0 bridgehead atoms. The SMILES string of the molecule is CC1=C(C)C(C)(C)[C]([Ti][C]2=C(C)C(C)=C(C)C2(C)C)=C1C.Cl.Cl. The number of hydrogen-bond acceptors (Lipinski definition) is 0. The van der Waals surface area contributed by atoms with Gasteiger partial charge in [-0.05, 0) is 0 Å². The molecule has 0 aromatic heterocycles. The second-order valence-electron chi connectivity index (χ2n) is 7.88. The Labute approximate surface area is 164 Å². The molecule has 0 radical (unpaired) electrons. The largest absolute Gasteiger partial charge is 0.147 e. The summed E-state index contributed by atoms with van der Waals surface area (Å²) in [6.45, 7) is 23.6. The molecule has 0 amide bonds. The zero-order chi connectivity index (χ0) is 16.3. The Morgan fingerprint density at radius 2 is 0.783 bits per heavy atom. The van der Waals surface area contributed by atoms with Gasteiger partial charge < -0.3 is 0 Å². The summed E-state index contributed by atoms with van der Waals surface area (Å²) in [5, 5.41) is 0. The molecular formula is C20H32Cl2Ti. The van der Waals surface area contributed by atoms with Gasteiger partial charge in [0.25, 0.3) is 0 Å². The van der Waals surface area contributed by atoms with Crippen molar-refractivity contribution < 1.29 is 19.2 Å². The summed E-state index contributed by atoms with van der Waals surface area (Å²) in [6, 6.07) is 0. The third kappa shape index (κ3) is 3.34.